The highest BCUT2D eigenvalue weighted by molar-refractivity contribution is 7.16. The maximum atomic E-state index is 12.9. The largest absolute Gasteiger partial charge is 0.383 e. The number of nitrogens with zero attached hydrogens (tertiary/aromatic N) is 2. The van der Waals surface area contributed by atoms with Crippen LogP contribution in [0.4, 0.5) is 0 Å². The van der Waals surface area contributed by atoms with Gasteiger partial charge in [0.15, 0.2) is 4.80 Å². The summed E-state index contributed by atoms with van der Waals surface area (Å²) in [6.07, 6.45) is 0. The number of carbonyl (C=O) groups excluding carboxylic acids is 1. The normalized spacial score (nSPS) is 11.9. The minimum Gasteiger partial charge on any atom is -0.383 e. The highest BCUT2D eigenvalue weighted by atomic mass is 35.5. The van der Waals surface area contributed by atoms with E-state index in [2.05, 4.69) is 4.99 Å². The molecule has 0 aliphatic carbocycles. The molecule has 0 radical (unpaired) electrons. The molecule has 1 amide bonds. The van der Waals surface area contributed by atoms with Crippen molar-refractivity contribution in [3.05, 3.63) is 87.1 Å². The number of thiazole rings is 1. The first-order valence-corrected chi connectivity index (χ1v) is 10.9. The van der Waals surface area contributed by atoms with Crippen LogP contribution in [0.15, 0.2) is 71.7 Å². The van der Waals surface area contributed by atoms with E-state index >= 15 is 0 Å². The zero-order chi connectivity index (χ0) is 21.1. The van der Waals surface area contributed by atoms with Gasteiger partial charge in [-0.15, -0.1) is 0 Å². The summed E-state index contributed by atoms with van der Waals surface area (Å²) in [5.41, 5.74) is 3.43. The van der Waals surface area contributed by atoms with E-state index in [1.807, 2.05) is 53.1 Å². The molecule has 4 nitrogen and oxygen atoms in total. The zero-order valence-corrected chi connectivity index (χ0v) is 18.5. The Hall–Kier alpha value is -2.44. The molecule has 0 aliphatic rings. The molecule has 152 valence electrons. The standard InChI is InChI=1S/C23H18Cl2N2O2S/c1-29-14-13-27-21-19(12-11-18(24)20(21)25)30-23(27)26-22(28)17-9-7-16(8-10-17)15-5-3-2-4-6-15/h2-12H,13-14H2,1H3. The highest BCUT2D eigenvalue weighted by Crippen LogP contribution is 2.32. The van der Waals surface area contributed by atoms with Crippen LogP contribution in [0.25, 0.3) is 21.3 Å². The first-order valence-electron chi connectivity index (χ1n) is 9.29. The summed E-state index contributed by atoms with van der Waals surface area (Å²) in [6.45, 7) is 0.970. The predicted molar refractivity (Wildman–Crippen MR) is 123 cm³/mol. The van der Waals surface area contributed by atoms with Gasteiger partial charge in [-0.05, 0) is 35.4 Å². The van der Waals surface area contributed by atoms with Crippen LogP contribution < -0.4 is 4.80 Å². The van der Waals surface area contributed by atoms with Crippen molar-refractivity contribution in [2.75, 3.05) is 13.7 Å². The first kappa shape index (κ1) is 20.8. The Balaban J connectivity index is 1.73. The van der Waals surface area contributed by atoms with Gasteiger partial charge in [0, 0.05) is 19.2 Å². The third kappa shape index (κ3) is 4.20. The van der Waals surface area contributed by atoms with Crippen LogP contribution in [0.3, 0.4) is 0 Å². The molecule has 0 unspecified atom stereocenters. The lowest BCUT2D eigenvalue weighted by molar-refractivity contribution is 0.0997. The van der Waals surface area contributed by atoms with Gasteiger partial charge in [0.05, 0.1) is 26.9 Å². The van der Waals surface area contributed by atoms with Crippen LogP contribution >= 0.6 is 34.5 Å². The molecule has 0 N–H and O–H groups in total. The monoisotopic (exact) mass is 456 g/mol. The van der Waals surface area contributed by atoms with Crippen molar-refractivity contribution in [1.82, 2.24) is 4.57 Å². The number of halogens is 2. The fourth-order valence-corrected chi connectivity index (χ4v) is 4.70. The number of aromatic nitrogens is 1. The van der Waals surface area contributed by atoms with E-state index in [0.717, 1.165) is 21.3 Å². The number of fused-ring (bicyclic) bond motifs is 1. The topological polar surface area (TPSA) is 43.6 Å². The second-order valence-electron chi connectivity index (χ2n) is 6.60. The van der Waals surface area contributed by atoms with Crippen LogP contribution in [0.5, 0.6) is 0 Å². The van der Waals surface area contributed by atoms with Crippen molar-refractivity contribution in [3.63, 3.8) is 0 Å². The van der Waals surface area contributed by atoms with E-state index in [-0.39, 0.29) is 5.91 Å². The summed E-state index contributed by atoms with van der Waals surface area (Å²) < 4.78 is 8.01. The number of hydrogen-bond acceptors (Lipinski definition) is 3. The van der Waals surface area contributed by atoms with Gasteiger partial charge in [-0.1, -0.05) is 77.0 Å². The van der Waals surface area contributed by atoms with Gasteiger partial charge in [-0.3, -0.25) is 4.79 Å². The molecule has 4 rings (SSSR count). The third-order valence-corrected chi connectivity index (χ3v) is 6.53. The van der Waals surface area contributed by atoms with Gasteiger partial charge in [0.2, 0.25) is 0 Å². The number of benzene rings is 3. The molecule has 0 bridgehead atoms. The average molecular weight is 457 g/mol. The lowest BCUT2D eigenvalue weighted by Crippen LogP contribution is -2.19. The smallest absolute Gasteiger partial charge is 0.279 e. The Morgan fingerprint density at radius 1 is 1.00 bits per heavy atom. The van der Waals surface area contributed by atoms with Crippen molar-refractivity contribution < 1.29 is 9.53 Å². The summed E-state index contributed by atoms with van der Waals surface area (Å²) in [4.78, 5) is 17.8. The molecular formula is C23H18Cl2N2O2S. The van der Waals surface area contributed by atoms with Crippen molar-refractivity contribution in [2.45, 2.75) is 6.54 Å². The summed E-state index contributed by atoms with van der Waals surface area (Å²) in [7, 11) is 1.62. The lowest BCUT2D eigenvalue weighted by Gasteiger charge is -2.06. The molecule has 7 heteroatoms. The summed E-state index contributed by atoms with van der Waals surface area (Å²) >= 11 is 14.0. The summed E-state index contributed by atoms with van der Waals surface area (Å²) in [6, 6.07) is 21.1. The van der Waals surface area contributed by atoms with Crippen molar-refractivity contribution in [2.24, 2.45) is 4.99 Å². The van der Waals surface area contributed by atoms with Gasteiger partial charge in [-0.25, -0.2) is 0 Å². The van der Waals surface area contributed by atoms with Crippen LogP contribution in [0.1, 0.15) is 10.4 Å². The van der Waals surface area contributed by atoms with Gasteiger partial charge in [-0.2, -0.15) is 4.99 Å². The lowest BCUT2D eigenvalue weighted by atomic mass is 10.0. The molecule has 30 heavy (non-hydrogen) atoms. The Bertz CT molecular complexity index is 1260. The maximum absolute atomic E-state index is 12.9. The van der Waals surface area contributed by atoms with Crippen LogP contribution in [0, 0.1) is 0 Å². The highest BCUT2D eigenvalue weighted by Gasteiger charge is 2.14. The number of methoxy groups -OCH3 is 1. The van der Waals surface area contributed by atoms with Gasteiger partial charge >= 0.3 is 0 Å². The van der Waals surface area contributed by atoms with E-state index in [1.54, 1.807) is 25.3 Å². The second kappa shape index (κ2) is 9.14. The predicted octanol–water partition coefficient (Wildman–Crippen LogP) is 6.06. The SMILES string of the molecule is COCCn1c(=NC(=O)c2ccc(-c3ccccc3)cc2)sc2ccc(Cl)c(Cl)c21. The first-order chi connectivity index (χ1) is 14.6. The number of ether oxygens (including phenoxy) is 1. The Labute approximate surface area is 188 Å². The molecule has 0 fully saturated rings. The fraction of sp³-hybridized carbons (Fsp3) is 0.130. The van der Waals surface area contributed by atoms with E-state index < -0.39 is 0 Å². The zero-order valence-electron chi connectivity index (χ0n) is 16.1. The quantitative estimate of drug-likeness (QED) is 0.366. The van der Waals surface area contributed by atoms with Crippen molar-refractivity contribution in [3.8, 4) is 11.1 Å². The molecular weight excluding hydrogens is 439 g/mol. The Morgan fingerprint density at radius 3 is 2.40 bits per heavy atom. The molecule has 0 atom stereocenters. The van der Waals surface area contributed by atoms with Crippen LogP contribution in [-0.2, 0) is 11.3 Å². The summed E-state index contributed by atoms with van der Waals surface area (Å²) in [5, 5.41) is 0.908. The minimum absolute atomic E-state index is 0.311. The number of hydrogen-bond donors (Lipinski definition) is 0. The van der Waals surface area contributed by atoms with E-state index in [0.29, 0.717) is 33.6 Å². The fourth-order valence-electron chi connectivity index (χ4n) is 3.17. The maximum Gasteiger partial charge on any atom is 0.279 e. The van der Waals surface area contributed by atoms with Crippen molar-refractivity contribution >= 4 is 50.7 Å². The summed E-state index contributed by atoms with van der Waals surface area (Å²) in [5.74, 6) is -0.311. The molecule has 1 aromatic heterocycles. The van der Waals surface area contributed by atoms with Gasteiger partial charge in [0.1, 0.15) is 0 Å². The molecule has 1 heterocycles. The Kier molecular flexibility index (Phi) is 6.35. The molecule has 0 saturated carbocycles. The third-order valence-electron chi connectivity index (χ3n) is 4.69. The molecule has 3 aromatic carbocycles. The molecule has 0 spiro atoms. The van der Waals surface area contributed by atoms with Crippen molar-refractivity contribution in [1.29, 1.82) is 0 Å². The average Bonchev–Trinajstić information content (AvgIpc) is 3.13. The van der Waals surface area contributed by atoms with Gasteiger partial charge < -0.3 is 9.30 Å². The van der Waals surface area contributed by atoms with Crippen LogP contribution in [-0.4, -0.2) is 24.2 Å². The van der Waals surface area contributed by atoms with E-state index in [9.17, 15) is 4.79 Å². The Morgan fingerprint density at radius 2 is 1.70 bits per heavy atom. The van der Waals surface area contributed by atoms with E-state index in [1.165, 1.54) is 11.3 Å². The van der Waals surface area contributed by atoms with Crippen LogP contribution in [0.2, 0.25) is 10.0 Å². The second-order valence-corrected chi connectivity index (χ2v) is 8.39. The van der Waals surface area contributed by atoms with E-state index in [4.69, 9.17) is 27.9 Å². The number of amides is 1. The molecule has 0 aliphatic heterocycles. The number of rotatable bonds is 5. The molecule has 0 saturated heterocycles. The number of carbonyl (C=O) groups is 1. The molecule has 4 aromatic rings. The van der Waals surface area contributed by atoms with Gasteiger partial charge in [0.25, 0.3) is 5.91 Å². The minimum atomic E-state index is -0.311.